The van der Waals surface area contributed by atoms with E-state index < -0.39 is 0 Å². The molecule has 0 radical (unpaired) electrons. The van der Waals surface area contributed by atoms with Crippen molar-refractivity contribution in [2.24, 2.45) is 0 Å². The molecule has 0 amide bonds. The number of benzene rings is 4. The van der Waals surface area contributed by atoms with E-state index in [1.165, 1.54) is 88.1 Å². The Bertz CT molecular complexity index is 1300. The number of hydrogen-bond acceptors (Lipinski definition) is 1. The second-order valence-electron chi connectivity index (χ2n) is 11.1. The number of unbranched alkanes of at least 4 members (excludes halogenated alkanes) is 3. The van der Waals surface area contributed by atoms with Crippen LogP contribution in [0.3, 0.4) is 0 Å². The van der Waals surface area contributed by atoms with Crippen LogP contribution in [0.15, 0.2) is 84.9 Å². The van der Waals surface area contributed by atoms with Crippen LogP contribution in [-0.2, 0) is 11.8 Å². The van der Waals surface area contributed by atoms with Crippen molar-refractivity contribution >= 4 is 17.1 Å². The van der Waals surface area contributed by atoms with Gasteiger partial charge in [-0.2, -0.15) is 0 Å². The first-order chi connectivity index (χ1) is 17.4. The number of anilines is 3. The fourth-order valence-electron chi connectivity index (χ4n) is 5.66. The van der Waals surface area contributed by atoms with Gasteiger partial charge in [0, 0.05) is 22.5 Å². The fraction of sp³-hybridized carbons (Fsp3) is 0.314. The van der Waals surface area contributed by atoms with Gasteiger partial charge in [0.2, 0.25) is 0 Å². The Balaban J connectivity index is 1.54. The molecule has 0 atom stereocenters. The van der Waals surface area contributed by atoms with E-state index in [9.17, 15) is 0 Å². The van der Waals surface area contributed by atoms with Crippen LogP contribution in [0.25, 0.3) is 11.1 Å². The lowest BCUT2D eigenvalue weighted by atomic mass is 9.81. The predicted octanol–water partition coefficient (Wildman–Crippen LogP) is 10.2. The van der Waals surface area contributed by atoms with Crippen molar-refractivity contribution in [2.75, 3.05) is 4.90 Å². The molecule has 1 aliphatic rings. The molecule has 0 unspecified atom stereocenters. The Labute approximate surface area is 217 Å². The van der Waals surface area contributed by atoms with Gasteiger partial charge in [-0.25, -0.2) is 0 Å². The molecule has 36 heavy (non-hydrogen) atoms. The molecule has 0 N–H and O–H groups in total. The highest BCUT2D eigenvalue weighted by Gasteiger charge is 2.36. The van der Waals surface area contributed by atoms with Gasteiger partial charge in [0.25, 0.3) is 0 Å². The highest BCUT2D eigenvalue weighted by molar-refractivity contribution is 5.85. The predicted molar refractivity (Wildman–Crippen MR) is 156 cm³/mol. The molecule has 0 saturated carbocycles. The molecule has 0 spiro atoms. The number of nitrogens with zero attached hydrogens (tertiary/aromatic N) is 1. The zero-order chi connectivity index (χ0) is 25.3. The molecule has 0 fully saturated rings. The van der Waals surface area contributed by atoms with Gasteiger partial charge in [0.15, 0.2) is 0 Å². The fourth-order valence-corrected chi connectivity index (χ4v) is 5.66. The van der Waals surface area contributed by atoms with Crippen molar-refractivity contribution in [3.63, 3.8) is 0 Å². The van der Waals surface area contributed by atoms with Crippen LogP contribution in [-0.4, -0.2) is 0 Å². The summed E-state index contributed by atoms with van der Waals surface area (Å²) in [5, 5.41) is 0. The second kappa shape index (κ2) is 9.97. The molecule has 5 rings (SSSR count). The van der Waals surface area contributed by atoms with Crippen LogP contribution in [0.5, 0.6) is 0 Å². The van der Waals surface area contributed by atoms with Crippen molar-refractivity contribution in [1.82, 2.24) is 0 Å². The van der Waals surface area contributed by atoms with Crippen LogP contribution in [0.1, 0.15) is 74.3 Å². The SMILES string of the molecule is CCCCCCc1ccc2c(c1)C(C)(C)c1cc(N(c3ccc(C)cc3)c3ccc(C)cc3)ccc1-2. The molecule has 0 saturated heterocycles. The summed E-state index contributed by atoms with van der Waals surface area (Å²) in [7, 11) is 0. The van der Waals surface area contributed by atoms with Crippen molar-refractivity contribution in [2.45, 2.75) is 72.1 Å². The van der Waals surface area contributed by atoms with Crippen molar-refractivity contribution < 1.29 is 0 Å². The van der Waals surface area contributed by atoms with Gasteiger partial charge in [0.05, 0.1) is 0 Å². The summed E-state index contributed by atoms with van der Waals surface area (Å²) in [6.45, 7) is 11.4. The molecule has 1 heteroatoms. The van der Waals surface area contributed by atoms with Gasteiger partial charge in [-0.3, -0.25) is 0 Å². The Hall–Kier alpha value is -3.32. The van der Waals surface area contributed by atoms with Crippen molar-refractivity contribution in [3.05, 3.63) is 113 Å². The zero-order valence-corrected chi connectivity index (χ0v) is 22.6. The third-order valence-electron chi connectivity index (χ3n) is 7.89. The van der Waals surface area contributed by atoms with E-state index in [1.54, 1.807) is 0 Å². The van der Waals surface area contributed by atoms with Crippen molar-refractivity contribution in [3.8, 4) is 11.1 Å². The summed E-state index contributed by atoms with van der Waals surface area (Å²) in [4.78, 5) is 2.39. The second-order valence-corrected chi connectivity index (χ2v) is 11.1. The summed E-state index contributed by atoms with van der Waals surface area (Å²) in [5.41, 5.74) is 13.3. The lowest BCUT2D eigenvalue weighted by Gasteiger charge is -2.28. The van der Waals surface area contributed by atoms with E-state index in [0.29, 0.717) is 0 Å². The molecular weight excluding hydrogens is 434 g/mol. The average Bonchev–Trinajstić information content (AvgIpc) is 3.10. The van der Waals surface area contributed by atoms with Gasteiger partial charge in [-0.15, -0.1) is 0 Å². The maximum atomic E-state index is 2.48. The Kier molecular flexibility index (Phi) is 6.75. The minimum absolute atomic E-state index is 0.0215. The third kappa shape index (κ3) is 4.60. The molecular formula is C35H39N. The van der Waals surface area contributed by atoms with Gasteiger partial charge < -0.3 is 4.90 Å². The zero-order valence-electron chi connectivity index (χ0n) is 22.6. The third-order valence-corrected chi connectivity index (χ3v) is 7.89. The molecule has 0 heterocycles. The molecule has 1 nitrogen and oxygen atoms in total. The minimum atomic E-state index is -0.0215. The molecule has 0 bridgehead atoms. The minimum Gasteiger partial charge on any atom is -0.310 e. The standard InChI is InChI=1S/C35H39N/c1-6-7-8-9-10-27-15-21-31-32-22-20-30(24-34(32)35(4,5)33(31)23-27)36(28-16-11-25(2)12-17-28)29-18-13-26(3)14-19-29/h11-24H,6-10H2,1-5H3. The van der Waals surface area contributed by atoms with Crippen LogP contribution in [0.4, 0.5) is 17.1 Å². The van der Waals surface area contributed by atoms with E-state index >= 15 is 0 Å². The number of aryl methyl sites for hydroxylation is 3. The summed E-state index contributed by atoms with van der Waals surface area (Å²) in [5.74, 6) is 0. The monoisotopic (exact) mass is 473 g/mol. The van der Waals surface area contributed by atoms with E-state index in [4.69, 9.17) is 0 Å². The Morgan fingerprint density at radius 3 is 1.69 bits per heavy atom. The maximum Gasteiger partial charge on any atom is 0.0465 e. The summed E-state index contributed by atoms with van der Waals surface area (Å²) < 4.78 is 0. The topological polar surface area (TPSA) is 3.24 Å². The molecule has 0 aliphatic heterocycles. The molecule has 184 valence electrons. The van der Waals surface area contributed by atoms with Crippen LogP contribution in [0.2, 0.25) is 0 Å². The molecule has 4 aromatic rings. The highest BCUT2D eigenvalue weighted by Crippen LogP contribution is 2.51. The first-order valence-electron chi connectivity index (χ1n) is 13.6. The summed E-state index contributed by atoms with van der Waals surface area (Å²) in [6.07, 6.45) is 6.42. The lowest BCUT2D eigenvalue weighted by molar-refractivity contribution is 0.652. The number of fused-ring (bicyclic) bond motifs is 3. The first kappa shape index (κ1) is 24.4. The summed E-state index contributed by atoms with van der Waals surface area (Å²) >= 11 is 0. The highest BCUT2D eigenvalue weighted by atomic mass is 15.1. The van der Waals surface area contributed by atoms with Crippen LogP contribution < -0.4 is 4.90 Å². The Morgan fingerprint density at radius 2 is 1.11 bits per heavy atom. The smallest absolute Gasteiger partial charge is 0.0465 e. The lowest BCUT2D eigenvalue weighted by Crippen LogP contribution is -2.17. The largest absolute Gasteiger partial charge is 0.310 e. The quantitative estimate of drug-likeness (QED) is 0.230. The van der Waals surface area contributed by atoms with E-state index in [1.807, 2.05) is 0 Å². The molecule has 1 aliphatic carbocycles. The van der Waals surface area contributed by atoms with Crippen molar-refractivity contribution in [1.29, 1.82) is 0 Å². The van der Waals surface area contributed by atoms with E-state index in [-0.39, 0.29) is 5.41 Å². The maximum absolute atomic E-state index is 2.48. The van der Waals surface area contributed by atoms with Gasteiger partial charge in [-0.05, 0) is 90.9 Å². The number of rotatable bonds is 8. The first-order valence-corrected chi connectivity index (χ1v) is 13.6. The van der Waals surface area contributed by atoms with Crippen LogP contribution >= 0.6 is 0 Å². The van der Waals surface area contributed by atoms with E-state index in [2.05, 4.69) is 124 Å². The molecule has 4 aromatic carbocycles. The normalized spacial score (nSPS) is 13.4. The van der Waals surface area contributed by atoms with Gasteiger partial charge >= 0.3 is 0 Å². The van der Waals surface area contributed by atoms with E-state index in [0.717, 1.165) is 0 Å². The average molecular weight is 474 g/mol. The summed E-state index contributed by atoms with van der Waals surface area (Å²) in [6, 6.07) is 32.0. The van der Waals surface area contributed by atoms with Crippen LogP contribution in [0, 0.1) is 13.8 Å². The Morgan fingerprint density at radius 1 is 0.583 bits per heavy atom. The van der Waals surface area contributed by atoms with Gasteiger partial charge in [0.1, 0.15) is 0 Å². The van der Waals surface area contributed by atoms with Gasteiger partial charge in [-0.1, -0.05) is 99.7 Å². The molecule has 0 aromatic heterocycles. The number of hydrogen-bond donors (Lipinski definition) is 0.